The predicted molar refractivity (Wildman–Crippen MR) is 98.8 cm³/mol. The molecule has 0 saturated carbocycles. The minimum atomic E-state index is -1.92. The second-order valence-corrected chi connectivity index (χ2v) is 5.84. The van der Waals surface area contributed by atoms with Crippen molar-refractivity contribution in [3.8, 4) is 17.4 Å². The van der Waals surface area contributed by atoms with Gasteiger partial charge in [0.2, 0.25) is 11.4 Å². The topological polar surface area (TPSA) is 102 Å². The number of nitrogens with one attached hydrogen (secondary N) is 1. The van der Waals surface area contributed by atoms with E-state index in [9.17, 15) is 14.9 Å². The van der Waals surface area contributed by atoms with Crippen LogP contribution >= 0.6 is 0 Å². The average Bonchev–Trinajstić information content (AvgIpc) is 3.09. The van der Waals surface area contributed by atoms with E-state index >= 15 is 0 Å². The summed E-state index contributed by atoms with van der Waals surface area (Å²) in [6, 6.07) is 11.0. The van der Waals surface area contributed by atoms with E-state index in [-0.39, 0.29) is 17.9 Å². The van der Waals surface area contributed by atoms with Crippen LogP contribution in [0.4, 0.5) is 5.88 Å². The lowest BCUT2D eigenvalue weighted by molar-refractivity contribution is -0.159. The zero-order valence-electron chi connectivity index (χ0n) is 15.4. The third-order valence-electron chi connectivity index (χ3n) is 4.03. The molecule has 1 heterocycles. The van der Waals surface area contributed by atoms with Gasteiger partial charge in [0.1, 0.15) is 17.4 Å². The number of esters is 2. The number of hydrogen-bond donors (Lipinski definition) is 1. The number of benzene rings is 1. The van der Waals surface area contributed by atoms with Gasteiger partial charge >= 0.3 is 11.9 Å². The van der Waals surface area contributed by atoms with Crippen LogP contribution < -0.4 is 5.32 Å². The van der Waals surface area contributed by atoms with Gasteiger partial charge < -0.3 is 19.2 Å². The lowest BCUT2D eigenvalue weighted by Gasteiger charge is -2.27. The number of carbonyl (C=O) groups is 2. The Hall–Kier alpha value is -3.53. The first-order valence-corrected chi connectivity index (χ1v) is 8.08. The molecule has 0 spiro atoms. The van der Waals surface area contributed by atoms with E-state index in [1.54, 1.807) is 0 Å². The van der Waals surface area contributed by atoms with Crippen LogP contribution in [-0.4, -0.2) is 31.7 Å². The van der Waals surface area contributed by atoms with E-state index < -0.39 is 17.5 Å². The Morgan fingerprint density at radius 3 is 2.33 bits per heavy atom. The minimum absolute atomic E-state index is 0.0364. The molecule has 0 aliphatic rings. The van der Waals surface area contributed by atoms with Crippen LogP contribution in [0.5, 0.6) is 0 Å². The van der Waals surface area contributed by atoms with Crippen LogP contribution in [-0.2, 0) is 19.1 Å². The number of anilines is 1. The molecule has 27 heavy (non-hydrogen) atoms. The molecular formula is C20H20N2O5. The molecule has 0 bridgehead atoms. The zero-order chi connectivity index (χ0) is 20.0. The van der Waals surface area contributed by atoms with E-state index in [1.807, 2.05) is 37.3 Å². The third-order valence-corrected chi connectivity index (χ3v) is 4.03. The van der Waals surface area contributed by atoms with Gasteiger partial charge in [-0.15, -0.1) is 6.58 Å². The normalized spacial score (nSPS) is 10.6. The summed E-state index contributed by atoms with van der Waals surface area (Å²) in [5.74, 6) is -1.39. The van der Waals surface area contributed by atoms with Crippen LogP contribution in [0.15, 0.2) is 47.4 Å². The van der Waals surface area contributed by atoms with Gasteiger partial charge in [0.05, 0.1) is 14.2 Å². The van der Waals surface area contributed by atoms with Gasteiger partial charge in [0, 0.05) is 18.1 Å². The van der Waals surface area contributed by atoms with E-state index in [4.69, 9.17) is 13.9 Å². The minimum Gasteiger partial charge on any atom is -0.467 e. The van der Waals surface area contributed by atoms with E-state index in [2.05, 4.69) is 11.9 Å². The highest BCUT2D eigenvalue weighted by Crippen LogP contribution is 2.32. The molecule has 1 N–H and O–H groups in total. The molecule has 0 atom stereocenters. The van der Waals surface area contributed by atoms with Gasteiger partial charge in [-0.05, 0) is 6.92 Å². The SMILES string of the molecule is C=CCC(Nc1oc(-c2ccc(C)cc2)cc1C#N)(C(=O)OC)C(=O)OC. The van der Waals surface area contributed by atoms with E-state index in [0.717, 1.165) is 25.3 Å². The van der Waals surface area contributed by atoms with Crippen LogP contribution in [0.25, 0.3) is 11.3 Å². The molecule has 2 aromatic rings. The number of furan rings is 1. The van der Waals surface area contributed by atoms with E-state index in [0.29, 0.717) is 5.76 Å². The Morgan fingerprint density at radius 2 is 1.85 bits per heavy atom. The van der Waals surface area contributed by atoms with Crippen molar-refractivity contribution in [3.05, 3.63) is 54.1 Å². The first-order chi connectivity index (χ1) is 12.9. The molecule has 2 rings (SSSR count). The highest BCUT2D eigenvalue weighted by Gasteiger charge is 2.49. The summed E-state index contributed by atoms with van der Waals surface area (Å²) < 4.78 is 15.3. The summed E-state index contributed by atoms with van der Waals surface area (Å²) >= 11 is 0. The second kappa shape index (κ2) is 8.23. The smallest absolute Gasteiger partial charge is 0.343 e. The van der Waals surface area contributed by atoms with Gasteiger partial charge in [-0.1, -0.05) is 35.9 Å². The number of nitrogens with zero attached hydrogens (tertiary/aromatic N) is 1. The Labute approximate surface area is 157 Å². The lowest BCUT2D eigenvalue weighted by atomic mass is 9.95. The molecule has 1 aromatic heterocycles. The maximum atomic E-state index is 12.4. The quantitative estimate of drug-likeness (QED) is 0.455. The largest absolute Gasteiger partial charge is 0.467 e. The number of ether oxygens (including phenoxy) is 2. The van der Waals surface area contributed by atoms with Crippen molar-refractivity contribution in [2.45, 2.75) is 18.9 Å². The Bertz CT molecular complexity index is 874. The maximum absolute atomic E-state index is 12.4. The summed E-state index contributed by atoms with van der Waals surface area (Å²) in [6.07, 6.45) is 1.24. The molecule has 0 radical (unpaired) electrons. The summed E-state index contributed by atoms with van der Waals surface area (Å²) in [5.41, 5.74) is 0.0344. The molecule has 0 unspecified atom stereocenters. The Kier molecular flexibility index (Phi) is 6.03. The van der Waals surface area contributed by atoms with Crippen molar-refractivity contribution in [2.24, 2.45) is 0 Å². The van der Waals surface area contributed by atoms with Gasteiger partial charge in [-0.25, -0.2) is 9.59 Å². The van der Waals surface area contributed by atoms with Crippen LogP contribution in [0.1, 0.15) is 17.5 Å². The predicted octanol–water partition coefficient (Wildman–Crippen LogP) is 3.20. The number of hydrogen-bond acceptors (Lipinski definition) is 7. The van der Waals surface area contributed by atoms with Crippen molar-refractivity contribution in [3.63, 3.8) is 0 Å². The zero-order valence-corrected chi connectivity index (χ0v) is 15.4. The Balaban J connectivity index is 2.53. The van der Waals surface area contributed by atoms with Crippen molar-refractivity contribution >= 4 is 17.8 Å². The number of nitriles is 1. The fourth-order valence-electron chi connectivity index (χ4n) is 2.59. The molecule has 0 saturated heterocycles. The standard InChI is InChI=1S/C20H20N2O5/c1-5-10-20(18(23)25-3,19(24)26-4)22-17-15(12-21)11-16(27-17)14-8-6-13(2)7-9-14/h5-9,11,22H,1,10H2,2-4H3. The third kappa shape index (κ3) is 3.85. The highest BCUT2D eigenvalue weighted by molar-refractivity contribution is 6.08. The molecular weight excluding hydrogens is 348 g/mol. The van der Waals surface area contributed by atoms with Crippen molar-refractivity contribution in [1.82, 2.24) is 0 Å². The molecule has 1 aromatic carbocycles. The monoisotopic (exact) mass is 368 g/mol. The first kappa shape index (κ1) is 19.8. The number of aryl methyl sites for hydroxylation is 1. The first-order valence-electron chi connectivity index (χ1n) is 8.08. The van der Waals surface area contributed by atoms with Crippen molar-refractivity contribution in [1.29, 1.82) is 5.26 Å². The fraction of sp³-hybridized carbons (Fsp3) is 0.250. The van der Waals surface area contributed by atoms with Crippen molar-refractivity contribution < 1.29 is 23.5 Å². The molecule has 140 valence electrons. The van der Waals surface area contributed by atoms with Gasteiger partial charge in [-0.2, -0.15) is 5.26 Å². The van der Waals surface area contributed by atoms with E-state index in [1.165, 1.54) is 12.1 Å². The molecule has 0 aliphatic heterocycles. The summed E-state index contributed by atoms with van der Waals surface area (Å²) in [4.78, 5) is 24.8. The van der Waals surface area contributed by atoms with Crippen LogP contribution in [0, 0.1) is 18.3 Å². The molecule has 0 aliphatic carbocycles. The van der Waals surface area contributed by atoms with Crippen LogP contribution in [0.3, 0.4) is 0 Å². The summed E-state index contributed by atoms with van der Waals surface area (Å²) in [6.45, 7) is 5.53. The molecule has 7 nitrogen and oxygen atoms in total. The van der Waals surface area contributed by atoms with Crippen LogP contribution in [0.2, 0.25) is 0 Å². The number of methoxy groups -OCH3 is 2. The van der Waals surface area contributed by atoms with Gasteiger partial charge in [0.25, 0.3) is 0 Å². The number of rotatable bonds is 7. The molecule has 0 fully saturated rings. The lowest BCUT2D eigenvalue weighted by Crippen LogP contribution is -2.54. The number of carbonyl (C=O) groups excluding carboxylic acids is 2. The van der Waals surface area contributed by atoms with Crippen molar-refractivity contribution in [2.75, 3.05) is 19.5 Å². The highest BCUT2D eigenvalue weighted by atomic mass is 16.5. The average molecular weight is 368 g/mol. The van der Waals surface area contributed by atoms with Gasteiger partial charge in [-0.3, -0.25) is 0 Å². The fourth-order valence-corrected chi connectivity index (χ4v) is 2.59. The summed E-state index contributed by atoms with van der Waals surface area (Å²) in [5, 5.41) is 12.1. The second-order valence-electron chi connectivity index (χ2n) is 5.84. The summed E-state index contributed by atoms with van der Waals surface area (Å²) in [7, 11) is 2.30. The Morgan fingerprint density at radius 1 is 1.26 bits per heavy atom. The molecule has 0 amide bonds. The maximum Gasteiger partial charge on any atom is 0.343 e. The molecule has 7 heteroatoms. The van der Waals surface area contributed by atoms with Gasteiger partial charge in [0.15, 0.2) is 0 Å².